The van der Waals surface area contributed by atoms with Gasteiger partial charge >= 0.3 is 0 Å². The van der Waals surface area contributed by atoms with E-state index >= 15 is 0 Å². The topological polar surface area (TPSA) is 46.4 Å². The Kier molecular flexibility index (Phi) is 3.21. The van der Waals surface area contributed by atoms with Gasteiger partial charge in [0.1, 0.15) is 5.69 Å². The molecule has 0 heterocycles. The summed E-state index contributed by atoms with van der Waals surface area (Å²) in [6.07, 6.45) is 0. The highest BCUT2D eigenvalue weighted by atomic mass is 32.1. The molecule has 0 spiro atoms. The van der Waals surface area contributed by atoms with Crippen molar-refractivity contribution in [1.29, 1.82) is 0 Å². The van der Waals surface area contributed by atoms with Crippen LogP contribution in [0.3, 0.4) is 0 Å². The second-order valence-electron chi connectivity index (χ2n) is 2.17. The van der Waals surface area contributed by atoms with Crippen molar-refractivity contribution in [3.63, 3.8) is 0 Å². The molecule has 1 aromatic carbocycles. The lowest BCUT2D eigenvalue weighted by Gasteiger charge is -2.10. The van der Waals surface area contributed by atoms with Crippen LogP contribution in [0.15, 0.2) is 30.3 Å². The highest BCUT2D eigenvalue weighted by Crippen LogP contribution is 2.14. The van der Waals surface area contributed by atoms with Crippen molar-refractivity contribution in [2.45, 2.75) is 0 Å². The zero-order valence-corrected chi connectivity index (χ0v) is 8.16. The lowest BCUT2D eigenvalue weighted by molar-refractivity contribution is -0.478. The molecule has 1 aromatic rings. The van der Waals surface area contributed by atoms with Crippen LogP contribution in [0.4, 0.5) is 5.69 Å². The SMILES string of the molecule is O=[N+]([O-])N(C(=S)S)c1ccccc1. The summed E-state index contributed by atoms with van der Waals surface area (Å²) in [6.45, 7) is 0. The van der Waals surface area contributed by atoms with Crippen LogP contribution in [0.25, 0.3) is 0 Å². The number of anilines is 1. The molecule has 0 unspecified atom stereocenters. The maximum absolute atomic E-state index is 10.5. The fourth-order valence-corrected chi connectivity index (χ4v) is 1.20. The number of hydrogen-bond acceptors (Lipinski definition) is 3. The summed E-state index contributed by atoms with van der Waals surface area (Å²) in [5.74, 6) is 0. The number of nitro groups is 1. The van der Waals surface area contributed by atoms with Gasteiger partial charge in [0.05, 0.1) is 0 Å². The van der Waals surface area contributed by atoms with Crippen LogP contribution in [0, 0.1) is 10.1 Å². The van der Waals surface area contributed by atoms with Gasteiger partial charge in [-0.1, -0.05) is 18.2 Å². The predicted molar refractivity (Wildman–Crippen MR) is 57.5 cm³/mol. The molecular formula is C7H6N2O2S2. The highest BCUT2D eigenvalue weighted by Gasteiger charge is 2.19. The third-order valence-corrected chi connectivity index (χ3v) is 1.71. The lowest BCUT2D eigenvalue weighted by Crippen LogP contribution is -2.31. The molecule has 6 heteroatoms. The Hall–Kier alpha value is -1.14. The predicted octanol–water partition coefficient (Wildman–Crippen LogP) is 1.90. The van der Waals surface area contributed by atoms with Crippen molar-refractivity contribution in [2.75, 3.05) is 5.01 Å². The summed E-state index contributed by atoms with van der Waals surface area (Å²) in [5, 5.41) is 10.7. The van der Waals surface area contributed by atoms with Gasteiger partial charge in [0, 0.05) is 0 Å². The highest BCUT2D eigenvalue weighted by molar-refractivity contribution is 8.11. The first-order chi connectivity index (χ1) is 6.13. The van der Waals surface area contributed by atoms with Gasteiger partial charge in [-0.05, 0) is 29.4 Å². The van der Waals surface area contributed by atoms with Crippen LogP contribution in [0.2, 0.25) is 0 Å². The van der Waals surface area contributed by atoms with Crippen molar-refractivity contribution in [3.05, 3.63) is 40.4 Å². The second kappa shape index (κ2) is 4.20. The fourth-order valence-electron chi connectivity index (χ4n) is 0.844. The average Bonchev–Trinajstić information content (AvgIpc) is 2.04. The summed E-state index contributed by atoms with van der Waals surface area (Å²) >= 11 is 8.38. The van der Waals surface area contributed by atoms with Gasteiger partial charge in [0.15, 0.2) is 5.03 Å². The Morgan fingerprint density at radius 2 is 2.00 bits per heavy atom. The normalized spacial score (nSPS) is 9.31. The molecule has 0 saturated carbocycles. The Morgan fingerprint density at radius 3 is 2.38 bits per heavy atom. The lowest BCUT2D eigenvalue weighted by atomic mass is 10.3. The summed E-state index contributed by atoms with van der Waals surface area (Å²) < 4.78 is -0.0869. The minimum atomic E-state index is -0.606. The third-order valence-electron chi connectivity index (χ3n) is 1.35. The van der Waals surface area contributed by atoms with Crippen molar-refractivity contribution in [1.82, 2.24) is 0 Å². The number of hydrogen-bond donors (Lipinski definition) is 1. The molecule has 4 nitrogen and oxygen atoms in total. The number of thiol groups is 1. The largest absolute Gasteiger partial charge is 0.234 e. The average molecular weight is 214 g/mol. The van der Waals surface area contributed by atoms with Gasteiger partial charge < -0.3 is 0 Å². The van der Waals surface area contributed by atoms with Gasteiger partial charge in [-0.3, -0.25) is 0 Å². The first-order valence-corrected chi connectivity index (χ1v) is 4.21. The van der Waals surface area contributed by atoms with Gasteiger partial charge in [-0.15, -0.1) is 12.6 Å². The zero-order valence-electron chi connectivity index (χ0n) is 6.45. The smallest absolute Gasteiger partial charge is 0.204 e. The molecule has 0 aliphatic rings. The van der Waals surface area contributed by atoms with E-state index in [0.717, 1.165) is 5.01 Å². The third kappa shape index (κ3) is 2.40. The maximum atomic E-state index is 10.5. The van der Waals surface area contributed by atoms with E-state index in [4.69, 9.17) is 0 Å². The molecule has 0 radical (unpaired) electrons. The van der Waals surface area contributed by atoms with Gasteiger partial charge in [-0.2, -0.15) is 0 Å². The molecule has 0 fully saturated rings. The molecule has 0 aliphatic carbocycles. The van der Waals surface area contributed by atoms with E-state index in [9.17, 15) is 10.1 Å². The molecular weight excluding hydrogens is 208 g/mol. The molecule has 13 heavy (non-hydrogen) atoms. The molecule has 0 N–H and O–H groups in total. The molecule has 1 rings (SSSR count). The zero-order chi connectivity index (χ0) is 9.84. The number of para-hydroxylation sites is 1. The van der Waals surface area contributed by atoms with Gasteiger partial charge in [0.2, 0.25) is 4.32 Å². The molecule has 0 saturated heterocycles. The van der Waals surface area contributed by atoms with E-state index in [1.165, 1.54) is 0 Å². The van der Waals surface area contributed by atoms with Crippen LogP contribution < -0.4 is 5.01 Å². The van der Waals surface area contributed by atoms with Crippen molar-refractivity contribution in [2.24, 2.45) is 0 Å². The summed E-state index contributed by atoms with van der Waals surface area (Å²) in [4.78, 5) is 10.5. The number of nitrogens with zero attached hydrogens (tertiary/aromatic N) is 2. The quantitative estimate of drug-likeness (QED) is 0.353. The first-order valence-electron chi connectivity index (χ1n) is 3.35. The van der Waals surface area contributed by atoms with Crippen molar-refractivity contribution in [3.8, 4) is 0 Å². The Balaban J connectivity index is 3.03. The van der Waals surface area contributed by atoms with E-state index in [1.807, 2.05) is 0 Å². The number of hydrazine groups is 1. The molecule has 68 valence electrons. The summed E-state index contributed by atoms with van der Waals surface area (Å²) in [7, 11) is 0. The second-order valence-corrected chi connectivity index (χ2v) is 3.28. The molecule has 0 bridgehead atoms. The van der Waals surface area contributed by atoms with E-state index < -0.39 is 5.03 Å². The number of benzene rings is 1. The van der Waals surface area contributed by atoms with E-state index in [0.29, 0.717) is 5.69 Å². The monoisotopic (exact) mass is 214 g/mol. The van der Waals surface area contributed by atoms with Crippen LogP contribution in [0.1, 0.15) is 0 Å². The fraction of sp³-hybridized carbons (Fsp3) is 0. The van der Waals surface area contributed by atoms with E-state index in [2.05, 4.69) is 24.8 Å². The van der Waals surface area contributed by atoms with Crippen molar-refractivity contribution >= 4 is 34.9 Å². The standard InChI is InChI=1S/C7H6N2O2S2/c10-9(11)8(7(12)13)6-4-2-1-3-5-6/h1-5H,(H,12,13). The first kappa shape index (κ1) is 9.94. The van der Waals surface area contributed by atoms with E-state index in [-0.39, 0.29) is 4.32 Å². The Bertz CT molecular complexity index is 315. The van der Waals surface area contributed by atoms with Gasteiger partial charge in [-0.25, -0.2) is 10.1 Å². The van der Waals surface area contributed by atoms with Crippen LogP contribution >= 0.6 is 24.8 Å². The minimum Gasteiger partial charge on any atom is -0.234 e. The summed E-state index contributed by atoms with van der Waals surface area (Å²) in [6, 6.07) is 8.33. The Labute approximate surface area is 85.7 Å². The Morgan fingerprint density at radius 1 is 1.46 bits per heavy atom. The number of thiocarbonyl (C=S) groups is 1. The number of rotatable bonds is 2. The summed E-state index contributed by atoms with van der Waals surface area (Å²) in [5.41, 5.74) is 0.396. The molecule has 0 aromatic heterocycles. The maximum Gasteiger partial charge on any atom is 0.204 e. The van der Waals surface area contributed by atoms with Gasteiger partial charge in [0.25, 0.3) is 0 Å². The van der Waals surface area contributed by atoms with E-state index in [1.54, 1.807) is 30.3 Å². The van der Waals surface area contributed by atoms with Crippen molar-refractivity contribution < 1.29 is 5.03 Å². The molecule has 0 aliphatic heterocycles. The molecule has 0 amide bonds. The minimum absolute atomic E-state index is 0.0869. The van der Waals surface area contributed by atoms with Crippen LogP contribution in [-0.4, -0.2) is 9.35 Å². The molecule has 0 atom stereocenters. The van der Waals surface area contributed by atoms with Crippen LogP contribution in [-0.2, 0) is 0 Å². The van der Waals surface area contributed by atoms with Crippen LogP contribution in [0.5, 0.6) is 0 Å².